The van der Waals surface area contributed by atoms with Crippen LogP contribution in [0.15, 0.2) is 18.2 Å². The molecule has 0 spiro atoms. The number of nitrogens with one attached hydrogen (secondary N) is 1. The molecule has 2 unspecified atom stereocenters. The van der Waals surface area contributed by atoms with Crippen molar-refractivity contribution in [2.45, 2.75) is 6.04 Å². The van der Waals surface area contributed by atoms with Gasteiger partial charge in [-0.05, 0) is 6.07 Å². The highest BCUT2D eigenvalue weighted by Crippen LogP contribution is 2.21. The van der Waals surface area contributed by atoms with Gasteiger partial charge in [0.05, 0.1) is 0 Å². The van der Waals surface area contributed by atoms with E-state index in [-0.39, 0.29) is 11.6 Å². The monoisotopic (exact) mass is 231 g/mol. The molecule has 2 rings (SSSR count). The van der Waals surface area contributed by atoms with Gasteiger partial charge in [0, 0.05) is 40.5 Å². The summed E-state index contributed by atoms with van der Waals surface area (Å²) in [5, 5.41) is 3.03. The van der Waals surface area contributed by atoms with Crippen molar-refractivity contribution >= 4 is 10.8 Å². The van der Waals surface area contributed by atoms with E-state index in [0.717, 1.165) is 6.07 Å². The molecule has 0 bridgehead atoms. The maximum atomic E-state index is 13.4. The normalized spacial score (nSPS) is 26.5. The van der Waals surface area contributed by atoms with Gasteiger partial charge in [0.2, 0.25) is 0 Å². The van der Waals surface area contributed by atoms with Gasteiger partial charge in [0.1, 0.15) is 0 Å². The summed E-state index contributed by atoms with van der Waals surface area (Å²) < 4.78 is 37.6. The summed E-state index contributed by atoms with van der Waals surface area (Å²) in [6.45, 7) is 0.577. The average molecular weight is 231 g/mol. The quantitative estimate of drug-likeness (QED) is 0.790. The van der Waals surface area contributed by atoms with Crippen molar-refractivity contribution in [3.05, 3.63) is 35.4 Å². The Bertz CT molecular complexity index is 397. The second-order valence-electron chi connectivity index (χ2n) is 3.46. The molecular formula is C10H11F2NOS. The molecular weight excluding hydrogens is 220 g/mol. The van der Waals surface area contributed by atoms with Crippen LogP contribution < -0.4 is 5.32 Å². The van der Waals surface area contributed by atoms with E-state index in [4.69, 9.17) is 0 Å². The predicted molar refractivity (Wildman–Crippen MR) is 55.0 cm³/mol. The second-order valence-corrected chi connectivity index (χ2v) is 5.08. The van der Waals surface area contributed by atoms with Crippen molar-refractivity contribution in [1.29, 1.82) is 0 Å². The first-order chi connectivity index (χ1) is 7.18. The van der Waals surface area contributed by atoms with Crippen molar-refractivity contribution in [3.63, 3.8) is 0 Å². The van der Waals surface area contributed by atoms with Crippen molar-refractivity contribution in [2.75, 3.05) is 18.1 Å². The van der Waals surface area contributed by atoms with Crippen LogP contribution in [-0.2, 0) is 10.8 Å². The minimum absolute atomic E-state index is 0.267. The minimum atomic E-state index is -0.937. The highest BCUT2D eigenvalue weighted by molar-refractivity contribution is 7.85. The van der Waals surface area contributed by atoms with Gasteiger partial charge in [-0.25, -0.2) is 8.78 Å². The van der Waals surface area contributed by atoms with E-state index in [2.05, 4.69) is 5.32 Å². The Balaban J connectivity index is 2.28. The predicted octanol–water partition coefficient (Wildman–Crippen LogP) is 1.36. The van der Waals surface area contributed by atoms with Crippen molar-refractivity contribution < 1.29 is 13.0 Å². The van der Waals surface area contributed by atoms with Gasteiger partial charge in [-0.2, -0.15) is 0 Å². The maximum absolute atomic E-state index is 13.4. The van der Waals surface area contributed by atoms with E-state index in [0.29, 0.717) is 18.1 Å². The lowest BCUT2D eigenvalue weighted by Gasteiger charge is -2.23. The fourth-order valence-electron chi connectivity index (χ4n) is 1.66. The Morgan fingerprint density at radius 3 is 2.93 bits per heavy atom. The fraction of sp³-hybridized carbons (Fsp3) is 0.400. The van der Waals surface area contributed by atoms with Crippen LogP contribution in [0.5, 0.6) is 0 Å². The Morgan fingerprint density at radius 1 is 1.40 bits per heavy atom. The average Bonchev–Trinajstić information content (AvgIpc) is 2.22. The molecule has 1 saturated heterocycles. The summed E-state index contributed by atoms with van der Waals surface area (Å²) in [4.78, 5) is 0. The minimum Gasteiger partial charge on any atom is -0.308 e. The lowest BCUT2D eigenvalue weighted by Crippen LogP contribution is -2.36. The van der Waals surface area contributed by atoms with Gasteiger partial charge in [-0.15, -0.1) is 0 Å². The topological polar surface area (TPSA) is 29.1 Å². The molecule has 82 valence electrons. The molecule has 2 nitrogen and oxygen atoms in total. The Hall–Kier alpha value is -0.810. The molecule has 0 aromatic heterocycles. The van der Waals surface area contributed by atoms with Gasteiger partial charge in [-0.3, -0.25) is 4.21 Å². The highest BCUT2D eigenvalue weighted by Gasteiger charge is 2.23. The lowest BCUT2D eigenvalue weighted by atomic mass is 10.1. The molecule has 1 heterocycles. The van der Waals surface area contributed by atoms with Crippen LogP contribution in [0.3, 0.4) is 0 Å². The van der Waals surface area contributed by atoms with Crippen molar-refractivity contribution in [2.24, 2.45) is 0 Å². The standard InChI is InChI=1S/C10H11F2NOS/c11-8-3-1-2-7(10(8)12)9-6-15(14)5-4-13-9/h1-3,9,13H,4-6H2. The molecule has 0 radical (unpaired) electrons. The largest absolute Gasteiger partial charge is 0.308 e. The van der Waals surface area contributed by atoms with E-state index >= 15 is 0 Å². The van der Waals surface area contributed by atoms with Gasteiger partial charge in [0.15, 0.2) is 11.6 Å². The van der Waals surface area contributed by atoms with E-state index in [9.17, 15) is 13.0 Å². The summed E-state index contributed by atoms with van der Waals surface area (Å²) >= 11 is 0. The third kappa shape index (κ3) is 2.23. The molecule has 1 aromatic carbocycles. The molecule has 0 saturated carbocycles. The van der Waals surface area contributed by atoms with Crippen LogP contribution in [0.2, 0.25) is 0 Å². The number of rotatable bonds is 1. The molecule has 1 fully saturated rings. The van der Waals surface area contributed by atoms with Crippen LogP contribution in [0.1, 0.15) is 11.6 Å². The Morgan fingerprint density at radius 2 is 2.20 bits per heavy atom. The van der Waals surface area contributed by atoms with Crippen LogP contribution in [0.25, 0.3) is 0 Å². The molecule has 1 aromatic rings. The van der Waals surface area contributed by atoms with Gasteiger partial charge in [0.25, 0.3) is 0 Å². The third-order valence-electron chi connectivity index (χ3n) is 2.43. The number of hydrogen-bond acceptors (Lipinski definition) is 2. The zero-order valence-electron chi connectivity index (χ0n) is 8.00. The van der Waals surface area contributed by atoms with E-state index in [1.54, 1.807) is 0 Å². The first-order valence-electron chi connectivity index (χ1n) is 4.71. The molecule has 1 aliphatic heterocycles. The molecule has 1 N–H and O–H groups in total. The van der Waals surface area contributed by atoms with Crippen molar-refractivity contribution in [1.82, 2.24) is 5.32 Å². The van der Waals surface area contributed by atoms with Crippen LogP contribution in [0.4, 0.5) is 8.78 Å². The second kappa shape index (κ2) is 4.37. The zero-order valence-corrected chi connectivity index (χ0v) is 8.82. The smallest absolute Gasteiger partial charge is 0.163 e. The molecule has 0 aliphatic carbocycles. The third-order valence-corrected chi connectivity index (χ3v) is 3.79. The highest BCUT2D eigenvalue weighted by atomic mass is 32.2. The van der Waals surface area contributed by atoms with Crippen LogP contribution in [0, 0.1) is 11.6 Å². The van der Waals surface area contributed by atoms with E-state index < -0.39 is 22.4 Å². The fourth-order valence-corrected chi connectivity index (χ4v) is 2.85. The summed E-state index contributed by atoms with van der Waals surface area (Å²) in [6.07, 6.45) is 0. The lowest BCUT2D eigenvalue weighted by molar-refractivity contribution is 0.474. The first kappa shape index (κ1) is 10.7. The summed E-state index contributed by atoms with van der Waals surface area (Å²) in [7, 11) is -0.937. The van der Waals surface area contributed by atoms with Gasteiger partial charge >= 0.3 is 0 Å². The molecule has 2 atom stereocenters. The Labute approximate surface area is 89.1 Å². The SMILES string of the molecule is O=S1CCNC(c2cccc(F)c2F)C1. The number of halogens is 2. The first-order valence-corrected chi connectivity index (χ1v) is 6.19. The van der Waals surface area contributed by atoms with Crippen LogP contribution in [-0.4, -0.2) is 22.3 Å². The van der Waals surface area contributed by atoms with Crippen LogP contribution >= 0.6 is 0 Å². The number of hydrogen-bond donors (Lipinski definition) is 1. The summed E-state index contributed by atoms with van der Waals surface area (Å²) in [5.41, 5.74) is 0.267. The van der Waals surface area contributed by atoms with Gasteiger partial charge in [-0.1, -0.05) is 12.1 Å². The van der Waals surface area contributed by atoms with Crippen molar-refractivity contribution in [3.8, 4) is 0 Å². The summed E-state index contributed by atoms with van der Waals surface area (Å²) in [5.74, 6) is -0.770. The molecule has 15 heavy (non-hydrogen) atoms. The van der Waals surface area contributed by atoms with E-state index in [1.165, 1.54) is 12.1 Å². The number of benzene rings is 1. The molecule has 0 amide bonds. The maximum Gasteiger partial charge on any atom is 0.163 e. The van der Waals surface area contributed by atoms with E-state index in [1.807, 2.05) is 0 Å². The molecule has 5 heteroatoms. The van der Waals surface area contributed by atoms with Gasteiger partial charge < -0.3 is 5.32 Å². The molecule has 1 aliphatic rings. The summed E-state index contributed by atoms with van der Waals surface area (Å²) in [6, 6.07) is 3.74. The Kier molecular flexibility index (Phi) is 3.11. The zero-order chi connectivity index (χ0) is 10.8.